The summed E-state index contributed by atoms with van der Waals surface area (Å²) in [7, 11) is 0. The van der Waals surface area contributed by atoms with E-state index in [1.807, 2.05) is 6.20 Å². The monoisotopic (exact) mass is 204 g/mol. The summed E-state index contributed by atoms with van der Waals surface area (Å²) < 4.78 is 7.26. The predicted molar refractivity (Wildman–Crippen MR) is 55.1 cm³/mol. The van der Waals surface area contributed by atoms with Gasteiger partial charge in [0.25, 0.3) is 0 Å². The third kappa shape index (κ3) is 1.40. The maximum Gasteiger partial charge on any atom is 0.188 e. The van der Waals surface area contributed by atoms with E-state index >= 15 is 0 Å². The summed E-state index contributed by atoms with van der Waals surface area (Å²) in [5, 5.41) is 3.65. The van der Waals surface area contributed by atoms with Crippen molar-refractivity contribution < 1.29 is 4.52 Å². The van der Waals surface area contributed by atoms with Gasteiger partial charge in [-0.3, -0.25) is 0 Å². The summed E-state index contributed by atoms with van der Waals surface area (Å²) in [4.78, 5) is 4.51. The van der Waals surface area contributed by atoms with Crippen LogP contribution in [0.3, 0.4) is 0 Å². The third-order valence-corrected chi connectivity index (χ3v) is 2.69. The maximum atomic E-state index is 5.50. The molecule has 2 aromatic rings. The average molecular weight is 204 g/mol. The Morgan fingerprint density at radius 1 is 1.40 bits per heavy atom. The standard InChI is InChI=1S/C10H12N4O/c11-9-5-8(15-13-9)7-6-14-4-2-1-3-10(14)12-7/h5-6H,1-4H2,(H2,11,13). The van der Waals surface area contributed by atoms with E-state index in [9.17, 15) is 0 Å². The summed E-state index contributed by atoms with van der Waals surface area (Å²) in [6.45, 7) is 1.05. The molecule has 3 heterocycles. The van der Waals surface area contributed by atoms with Gasteiger partial charge in [0, 0.05) is 25.2 Å². The maximum absolute atomic E-state index is 5.50. The first-order valence-corrected chi connectivity index (χ1v) is 5.11. The smallest absolute Gasteiger partial charge is 0.188 e. The minimum Gasteiger partial charge on any atom is -0.381 e. The molecule has 0 radical (unpaired) electrons. The van der Waals surface area contributed by atoms with Crippen LogP contribution in [0.1, 0.15) is 18.7 Å². The van der Waals surface area contributed by atoms with Crippen LogP contribution in [0.4, 0.5) is 5.82 Å². The van der Waals surface area contributed by atoms with Crippen LogP contribution in [0.2, 0.25) is 0 Å². The molecule has 2 N–H and O–H groups in total. The average Bonchev–Trinajstić information content (AvgIpc) is 2.82. The summed E-state index contributed by atoms with van der Waals surface area (Å²) >= 11 is 0. The van der Waals surface area contributed by atoms with Crippen molar-refractivity contribution in [1.29, 1.82) is 0 Å². The molecule has 0 amide bonds. The SMILES string of the molecule is Nc1cc(-c2cn3c(n2)CCCC3)on1. The van der Waals surface area contributed by atoms with Gasteiger partial charge >= 0.3 is 0 Å². The van der Waals surface area contributed by atoms with E-state index in [4.69, 9.17) is 10.3 Å². The Balaban J connectivity index is 2.02. The summed E-state index contributed by atoms with van der Waals surface area (Å²) in [6, 6.07) is 1.70. The predicted octanol–water partition coefficient (Wildman–Crippen LogP) is 1.46. The zero-order chi connectivity index (χ0) is 10.3. The molecule has 0 unspecified atom stereocenters. The van der Waals surface area contributed by atoms with Gasteiger partial charge in [-0.15, -0.1) is 0 Å². The topological polar surface area (TPSA) is 69.9 Å². The number of nitrogen functional groups attached to an aromatic ring is 1. The van der Waals surface area contributed by atoms with Crippen molar-refractivity contribution in [1.82, 2.24) is 14.7 Å². The van der Waals surface area contributed by atoms with Gasteiger partial charge in [-0.1, -0.05) is 5.16 Å². The van der Waals surface area contributed by atoms with Gasteiger partial charge in [-0.2, -0.15) is 0 Å². The highest BCUT2D eigenvalue weighted by Crippen LogP contribution is 2.23. The first kappa shape index (κ1) is 8.52. The lowest BCUT2D eigenvalue weighted by Crippen LogP contribution is -2.08. The fourth-order valence-corrected chi connectivity index (χ4v) is 1.94. The number of rotatable bonds is 1. The molecule has 0 aromatic carbocycles. The van der Waals surface area contributed by atoms with E-state index in [-0.39, 0.29) is 0 Å². The molecular weight excluding hydrogens is 192 g/mol. The second-order valence-electron chi connectivity index (χ2n) is 3.81. The Morgan fingerprint density at radius 2 is 2.33 bits per heavy atom. The summed E-state index contributed by atoms with van der Waals surface area (Å²) in [5.41, 5.74) is 6.33. The van der Waals surface area contributed by atoms with Gasteiger partial charge in [0.05, 0.1) is 0 Å². The number of fused-ring (bicyclic) bond motifs is 1. The molecule has 0 atom stereocenters. The van der Waals surface area contributed by atoms with Crippen molar-refractivity contribution in [2.75, 3.05) is 5.73 Å². The number of hydrogen-bond donors (Lipinski definition) is 1. The molecule has 0 spiro atoms. The number of aromatic nitrogens is 3. The number of imidazole rings is 1. The Hall–Kier alpha value is -1.78. The van der Waals surface area contributed by atoms with Gasteiger partial charge in [-0.25, -0.2) is 4.98 Å². The van der Waals surface area contributed by atoms with E-state index < -0.39 is 0 Å². The lowest BCUT2D eigenvalue weighted by atomic mass is 10.2. The van der Waals surface area contributed by atoms with Crippen LogP contribution in [0, 0.1) is 0 Å². The second-order valence-corrected chi connectivity index (χ2v) is 3.81. The quantitative estimate of drug-likeness (QED) is 0.763. The number of nitrogens with two attached hydrogens (primary N) is 1. The molecule has 1 aliphatic heterocycles. The van der Waals surface area contributed by atoms with Crippen LogP contribution in [-0.4, -0.2) is 14.7 Å². The molecular formula is C10H12N4O. The molecule has 0 aliphatic carbocycles. The van der Waals surface area contributed by atoms with E-state index in [0.29, 0.717) is 11.6 Å². The van der Waals surface area contributed by atoms with Gasteiger partial charge in [0.15, 0.2) is 11.6 Å². The molecule has 3 rings (SSSR count). The first-order valence-electron chi connectivity index (χ1n) is 5.11. The van der Waals surface area contributed by atoms with Crippen LogP contribution in [0.25, 0.3) is 11.5 Å². The molecule has 78 valence electrons. The number of hydrogen-bond acceptors (Lipinski definition) is 4. The van der Waals surface area contributed by atoms with Crippen molar-refractivity contribution in [3.8, 4) is 11.5 Å². The highest BCUT2D eigenvalue weighted by Gasteiger charge is 2.15. The van der Waals surface area contributed by atoms with Crippen LogP contribution < -0.4 is 5.73 Å². The van der Waals surface area contributed by atoms with Gasteiger partial charge in [-0.05, 0) is 12.8 Å². The Kier molecular flexibility index (Phi) is 1.77. The zero-order valence-corrected chi connectivity index (χ0v) is 8.31. The minimum atomic E-state index is 0.399. The highest BCUT2D eigenvalue weighted by atomic mass is 16.5. The van der Waals surface area contributed by atoms with Crippen molar-refractivity contribution in [2.45, 2.75) is 25.8 Å². The molecule has 0 bridgehead atoms. The Labute approximate surface area is 86.9 Å². The van der Waals surface area contributed by atoms with Crippen LogP contribution in [-0.2, 0) is 13.0 Å². The molecule has 0 saturated carbocycles. The molecule has 0 fully saturated rings. The van der Waals surface area contributed by atoms with E-state index in [2.05, 4.69) is 14.7 Å². The number of anilines is 1. The largest absolute Gasteiger partial charge is 0.381 e. The van der Waals surface area contributed by atoms with Crippen molar-refractivity contribution >= 4 is 5.82 Å². The van der Waals surface area contributed by atoms with E-state index in [1.165, 1.54) is 12.8 Å². The van der Waals surface area contributed by atoms with Gasteiger partial charge in [0.2, 0.25) is 0 Å². The van der Waals surface area contributed by atoms with E-state index in [0.717, 1.165) is 24.5 Å². The van der Waals surface area contributed by atoms with E-state index in [1.54, 1.807) is 6.07 Å². The van der Waals surface area contributed by atoms with Gasteiger partial charge < -0.3 is 14.8 Å². The summed E-state index contributed by atoms with van der Waals surface area (Å²) in [6.07, 6.45) is 5.49. The van der Waals surface area contributed by atoms with Crippen molar-refractivity contribution in [3.05, 3.63) is 18.1 Å². The van der Waals surface area contributed by atoms with Crippen LogP contribution in [0.5, 0.6) is 0 Å². The molecule has 2 aromatic heterocycles. The number of aryl methyl sites for hydroxylation is 2. The lowest BCUT2D eigenvalue weighted by Gasteiger charge is -2.11. The first-order chi connectivity index (χ1) is 7.33. The minimum absolute atomic E-state index is 0.399. The van der Waals surface area contributed by atoms with Crippen molar-refractivity contribution in [2.24, 2.45) is 0 Å². The normalized spacial score (nSPS) is 15.2. The molecule has 0 saturated heterocycles. The van der Waals surface area contributed by atoms with Crippen molar-refractivity contribution in [3.63, 3.8) is 0 Å². The fraction of sp³-hybridized carbons (Fsp3) is 0.400. The molecule has 5 heteroatoms. The Bertz CT molecular complexity index is 462. The molecule has 15 heavy (non-hydrogen) atoms. The van der Waals surface area contributed by atoms with Crippen LogP contribution in [0.15, 0.2) is 16.8 Å². The highest BCUT2D eigenvalue weighted by molar-refractivity contribution is 5.55. The van der Waals surface area contributed by atoms with Gasteiger partial charge in [0.1, 0.15) is 11.5 Å². The fourth-order valence-electron chi connectivity index (χ4n) is 1.94. The number of nitrogens with zero attached hydrogens (tertiary/aromatic N) is 3. The van der Waals surface area contributed by atoms with Crippen LogP contribution >= 0.6 is 0 Å². The lowest BCUT2D eigenvalue weighted by molar-refractivity contribution is 0.434. The summed E-state index contributed by atoms with van der Waals surface area (Å²) in [5.74, 6) is 2.18. The molecule has 1 aliphatic rings. The Morgan fingerprint density at radius 3 is 3.07 bits per heavy atom. The zero-order valence-electron chi connectivity index (χ0n) is 8.31. The second kappa shape index (κ2) is 3.12. The molecule has 5 nitrogen and oxygen atoms in total. The third-order valence-electron chi connectivity index (χ3n) is 2.69.